The Labute approximate surface area is 128 Å². The molecule has 1 unspecified atom stereocenters. The van der Waals surface area contributed by atoms with E-state index in [2.05, 4.69) is 15.8 Å². The Kier molecular flexibility index (Phi) is 4.39. The molecule has 1 fully saturated rings. The fourth-order valence-corrected chi connectivity index (χ4v) is 2.48. The normalized spacial score (nSPS) is 17.4. The number of nitrogens with one attached hydrogen (secondary N) is 2. The molecule has 0 aliphatic carbocycles. The predicted molar refractivity (Wildman–Crippen MR) is 82.7 cm³/mol. The lowest BCUT2D eigenvalue weighted by molar-refractivity contribution is 0.112. The van der Waals surface area contributed by atoms with Crippen molar-refractivity contribution in [1.29, 1.82) is 0 Å². The van der Waals surface area contributed by atoms with Gasteiger partial charge in [0.05, 0.1) is 6.10 Å². The van der Waals surface area contributed by atoms with Gasteiger partial charge in [0.25, 0.3) is 0 Å². The lowest BCUT2D eigenvalue weighted by Crippen LogP contribution is -2.35. The third kappa shape index (κ3) is 3.28. The molecule has 6 nitrogen and oxygen atoms in total. The summed E-state index contributed by atoms with van der Waals surface area (Å²) in [7, 11) is 0. The second kappa shape index (κ2) is 6.62. The summed E-state index contributed by atoms with van der Waals surface area (Å²) < 4.78 is 10.7. The van der Waals surface area contributed by atoms with Crippen molar-refractivity contribution in [1.82, 2.24) is 10.5 Å². The van der Waals surface area contributed by atoms with Gasteiger partial charge in [0.1, 0.15) is 11.4 Å². The van der Waals surface area contributed by atoms with Crippen LogP contribution >= 0.6 is 0 Å². The Balaban J connectivity index is 1.67. The summed E-state index contributed by atoms with van der Waals surface area (Å²) in [5.41, 5.74) is 2.12. The first-order valence-corrected chi connectivity index (χ1v) is 7.42. The molecule has 2 amide bonds. The van der Waals surface area contributed by atoms with Gasteiger partial charge in [-0.25, -0.2) is 4.79 Å². The number of hydrogen-bond acceptors (Lipinski definition) is 4. The highest BCUT2D eigenvalue weighted by Gasteiger charge is 2.19. The number of amides is 2. The van der Waals surface area contributed by atoms with E-state index in [9.17, 15) is 4.79 Å². The van der Waals surface area contributed by atoms with Gasteiger partial charge in [-0.2, -0.15) is 0 Å². The quantitative estimate of drug-likeness (QED) is 0.910. The first kappa shape index (κ1) is 14.6. The van der Waals surface area contributed by atoms with E-state index in [0.29, 0.717) is 23.7 Å². The molecule has 1 saturated heterocycles. The van der Waals surface area contributed by atoms with Crippen molar-refractivity contribution in [3.8, 4) is 11.3 Å². The first-order chi connectivity index (χ1) is 10.7. The molecule has 2 aromatic rings. The third-order valence-corrected chi connectivity index (χ3v) is 3.66. The number of ether oxygens (including phenoxy) is 1. The van der Waals surface area contributed by atoms with Crippen LogP contribution in [0.4, 0.5) is 10.5 Å². The highest BCUT2D eigenvalue weighted by Crippen LogP contribution is 2.29. The second-order valence-electron chi connectivity index (χ2n) is 5.30. The number of aromatic nitrogens is 1. The highest BCUT2D eigenvalue weighted by molar-refractivity contribution is 5.94. The van der Waals surface area contributed by atoms with Crippen LogP contribution in [0.1, 0.15) is 18.6 Å². The molecule has 6 heteroatoms. The molecule has 0 radical (unpaired) electrons. The number of nitrogens with zero attached hydrogens (tertiary/aromatic N) is 1. The standard InChI is InChI=1S/C16H19N3O3/c1-11-14(15(19-22-11)12-6-3-2-4-7-12)18-16(20)17-10-13-8-5-9-21-13/h2-4,6-7,13H,5,8-10H2,1H3,(H2,17,18,20). The van der Waals surface area contributed by atoms with Crippen LogP contribution in [0.2, 0.25) is 0 Å². The molecule has 116 valence electrons. The fourth-order valence-electron chi connectivity index (χ4n) is 2.48. The Morgan fingerprint density at radius 2 is 2.18 bits per heavy atom. The highest BCUT2D eigenvalue weighted by atomic mass is 16.5. The van der Waals surface area contributed by atoms with E-state index in [-0.39, 0.29) is 12.1 Å². The van der Waals surface area contributed by atoms with Crippen LogP contribution in [0, 0.1) is 6.92 Å². The van der Waals surface area contributed by atoms with Gasteiger partial charge in [-0.1, -0.05) is 35.5 Å². The molecular formula is C16H19N3O3. The van der Waals surface area contributed by atoms with Crippen molar-refractivity contribution in [2.75, 3.05) is 18.5 Å². The van der Waals surface area contributed by atoms with Gasteiger partial charge in [-0.15, -0.1) is 0 Å². The van der Waals surface area contributed by atoms with Crippen molar-refractivity contribution in [3.05, 3.63) is 36.1 Å². The summed E-state index contributed by atoms with van der Waals surface area (Å²) in [4.78, 5) is 12.1. The maximum absolute atomic E-state index is 12.1. The average Bonchev–Trinajstić information content (AvgIpc) is 3.17. The Morgan fingerprint density at radius 1 is 1.36 bits per heavy atom. The minimum Gasteiger partial charge on any atom is -0.376 e. The van der Waals surface area contributed by atoms with E-state index in [4.69, 9.17) is 9.26 Å². The minimum absolute atomic E-state index is 0.114. The van der Waals surface area contributed by atoms with Gasteiger partial charge in [-0.05, 0) is 19.8 Å². The number of rotatable bonds is 4. The molecule has 1 aliphatic rings. The van der Waals surface area contributed by atoms with Crippen LogP contribution in [-0.4, -0.2) is 30.4 Å². The van der Waals surface area contributed by atoms with Crippen molar-refractivity contribution in [2.24, 2.45) is 0 Å². The van der Waals surface area contributed by atoms with E-state index in [1.54, 1.807) is 6.92 Å². The van der Waals surface area contributed by atoms with Gasteiger partial charge in [0.2, 0.25) is 0 Å². The summed E-state index contributed by atoms with van der Waals surface area (Å²) in [5.74, 6) is 0.575. The largest absolute Gasteiger partial charge is 0.376 e. The Bertz CT molecular complexity index is 633. The van der Waals surface area contributed by atoms with E-state index in [0.717, 1.165) is 25.0 Å². The van der Waals surface area contributed by atoms with E-state index >= 15 is 0 Å². The minimum atomic E-state index is -0.279. The fraction of sp³-hybridized carbons (Fsp3) is 0.375. The number of urea groups is 1. The summed E-state index contributed by atoms with van der Waals surface area (Å²) in [6.45, 7) is 3.06. The van der Waals surface area contributed by atoms with Crippen LogP contribution in [0.15, 0.2) is 34.9 Å². The number of anilines is 1. The zero-order chi connectivity index (χ0) is 15.4. The maximum Gasteiger partial charge on any atom is 0.319 e. The van der Waals surface area contributed by atoms with Gasteiger partial charge in [0, 0.05) is 18.7 Å². The number of aryl methyl sites for hydroxylation is 1. The average molecular weight is 301 g/mol. The molecule has 1 aromatic heterocycles. The van der Waals surface area contributed by atoms with Crippen molar-refractivity contribution < 1.29 is 14.1 Å². The molecule has 1 atom stereocenters. The van der Waals surface area contributed by atoms with E-state index < -0.39 is 0 Å². The third-order valence-electron chi connectivity index (χ3n) is 3.66. The lowest BCUT2D eigenvalue weighted by Gasteiger charge is -2.11. The summed E-state index contributed by atoms with van der Waals surface area (Å²) in [5, 5.41) is 9.68. The van der Waals surface area contributed by atoms with E-state index in [1.807, 2.05) is 30.3 Å². The zero-order valence-electron chi connectivity index (χ0n) is 12.5. The second-order valence-corrected chi connectivity index (χ2v) is 5.30. The SMILES string of the molecule is Cc1onc(-c2ccccc2)c1NC(=O)NCC1CCCO1. The van der Waals surface area contributed by atoms with Crippen LogP contribution in [-0.2, 0) is 4.74 Å². The molecule has 3 rings (SSSR count). The summed E-state index contributed by atoms with van der Waals surface area (Å²) in [6.07, 6.45) is 2.15. The molecule has 2 heterocycles. The van der Waals surface area contributed by atoms with Gasteiger partial charge in [0.15, 0.2) is 5.76 Å². The van der Waals surface area contributed by atoms with Crippen LogP contribution in [0.25, 0.3) is 11.3 Å². The molecule has 0 spiro atoms. The smallest absolute Gasteiger partial charge is 0.319 e. The van der Waals surface area contributed by atoms with Crippen LogP contribution in [0.5, 0.6) is 0 Å². The zero-order valence-corrected chi connectivity index (χ0v) is 12.5. The monoisotopic (exact) mass is 301 g/mol. The van der Waals surface area contributed by atoms with Crippen molar-refractivity contribution >= 4 is 11.7 Å². The predicted octanol–water partition coefficient (Wildman–Crippen LogP) is 2.95. The molecule has 2 N–H and O–H groups in total. The van der Waals surface area contributed by atoms with Crippen molar-refractivity contribution in [2.45, 2.75) is 25.9 Å². The lowest BCUT2D eigenvalue weighted by atomic mass is 10.1. The molecule has 1 aromatic carbocycles. The molecular weight excluding hydrogens is 282 g/mol. The van der Waals surface area contributed by atoms with Gasteiger partial charge in [-0.3, -0.25) is 0 Å². The number of carbonyl (C=O) groups excluding carboxylic acids is 1. The number of benzene rings is 1. The van der Waals surface area contributed by atoms with Gasteiger partial charge >= 0.3 is 6.03 Å². The number of carbonyl (C=O) groups is 1. The Hall–Kier alpha value is -2.34. The summed E-state index contributed by atoms with van der Waals surface area (Å²) >= 11 is 0. The van der Waals surface area contributed by atoms with E-state index in [1.165, 1.54) is 0 Å². The molecule has 1 aliphatic heterocycles. The van der Waals surface area contributed by atoms with Crippen molar-refractivity contribution in [3.63, 3.8) is 0 Å². The molecule has 0 saturated carbocycles. The topological polar surface area (TPSA) is 76.4 Å². The van der Waals surface area contributed by atoms with Gasteiger partial charge < -0.3 is 19.9 Å². The first-order valence-electron chi connectivity index (χ1n) is 7.42. The summed E-state index contributed by atoms with van der Waals surface area (Å²) in [6, 6.07) is 9.33. The van der Waals surface area contributed by atoms with Crippen LogP contribution < -0.4 is 10.6 Å². The molecule has 0 bridgehead atoms. The Morgan fingerprint density at radius 3 is 2.91 bits per heavy atom. The number of hydrogen-bond donors (Lipinski definition) is 2. The molecule has 22 heavy (non-hydrogen) atoms. The maximum atomic E-state index is 12.1. The van der Waals surface area contributed by atoms with Crippen LogP contribution in [0.3, 0.4) is 0 Å².